The molecule has 0 radical (unpaired) electrons. The van der Waals surface area contributed by atoms with Crippen LogP contribution in [0.2, 0.25) is 5.02 Å². The highest BCUT2D eigenvalue weighted by atomic mass is 35.5. The number of aromatic nitrogens is 2. The van der Waals surface area contributed by atoms with E-state index in [1.165, 1.54) is 6.07 Å². The van der Waals surface area contributed by atoms with Gasteiger partial charge in [-0.25, -0.2) is 9.37 Å². The number of nitrogens with one attached hydrogen (secondary N) is 1. The zero-order valence-electron chi connectivity index (χ0n) is 10.6. The van der Waals surface area contributed by atoms with Crippen LogP contribution in [-0.4, -0.2) is 16.3 Å². The topological polar surface area (TPSA) is 45.8 Å². The van der Waals surface area contributed by atoms with Crippen molar-refractivity contribution in [2.75, 3.05) is 0 Å². The maximum absolute atomic E-state index is 13.9. The molecule has 20 heavy (non-hydrogen) atoms. The van der Waals surface area contributed by atoms with Crippen molar-refractivity contribution in [3.8, 4) is 11.4 Å². The van der Waals surface area contributed by atoms with Crippen LogP contribution in [0, 0.1) is 12.7 Å². The quantitative estimate of drug-likeness (QED) is 0.720. The van der Waals surface area contributed by atoms with Crippen molar-refractivity contribution in [2.24, 2.45) is 0 Å². The van der Waals surface area contributed by atoms with Crippen LogP contribution in [0.15, 0.2) is 30.3 Å². The van der Waals surface area contributed by atoms with Gasteiger partial charge >= 0.3 is 0 Å². The predicted octanol–water partition coefficient (Wildman–Crippen LogP) is 4.14. The van der Waals surface area contributed by atoms with Crippen molar-refractivity contribution in [3.05, 3.63) is 52.3 Å². The average Bonchev–Trinajstić information content (AvgIpc) is 2.79. The van der Waals surface area contributed by atoms with E-state index in [2.05, 4.69) is 9.97 Å². The molecule has 100 valence electrons. The number of rotatable bonds is 2. The largest absolute Gasteiger partial charge is 0.338 e. The second-order valence-corrected chi connectivity index (χ2v) is 4.93. The molecule has 0 fully saturated rings. The number of imidazole rings is 1. The molecule has 2 aromatic carbocycles. The summed E-state index contributed by atoms with van der Waals surface area (Å²) in [6, 6.07) is 7.96. The first kappa shape index (κ1) is 12.8. The molecule has 3 nitrogen and oxygen atoms in total. The van der Waals surface area contributed by atoms with Crippen LogP contribution in [-0.2, 0) is 0 Å². The number of H-pyrrole nitrogens is 1. The molecule has 0 spiro atoms. The second kappa shape index (κ2) is 4.72. The van der Waals surface area contributed by atoms with Crippen molar-refractivity contribution in [2.45, 2.75) is 6.92 Å². The Balaban J connectivity index is 2.26. The van der Waals surface area contributed by atoms with Crippen LogP contribution in [0.1, 0.15) is 15.9 Å². The Morgan fingerprint density at radius 3 is 2.85 bits per heavy atom. The van der Waals surface area contributed by atoms with Gasteiger partial charge in [0, 0.05) is 5.56 Å². The lowest BCUT2D eigenvalue weighted by Crippen LogP contribution is -1.87. The molecule has 0 bridgehead atoms. The molecule has 1 N–H and O–H groups in total. The van der Waals surface area contributed by atoms with Gasteiger partial charge in [-0.2, -0.15) is 0 Å². The summed E-state index contributed by atoms with van der Waals surface area (Å²) in [7, 11) is 0. The summed E-state index contributed by atoms with van der Waals surface area (Å²) in [6.45, 7) is 1.83. The standard InChI is InChI=1S/C15H10ClFN2O/c1-8-5-12-13(6-9(8)7-20)19-15(18-12)14-10(16)3-2-4-11(14)17/h2-7H,1H3,(H,18,19). The Morgan fingerprint density at radius 2 is 2.15 bits per heavy atom. The van der Waals surface area contributed by atoms with E-state index in [1.54, 1.807) is 18.2 Å². The highest BCUT2D eigenvalue weighted by Crippen LogP contribution is 2.30. The number of benzene rings is 2. The van der Waals surface area contributed by atoms with Crippen LogP contribution in [0.25, 0.3) is 22.4 Å². The van der Waals surface area contributed by atoms with Gasteiger partial charge < -0.3 is 4.98 Å². The van der Waals surface area contributed by atoms with Crippen LogP contribution < -0.4 is 0 Å². The molecule has 1 aromatic heterocycles. The number of fused-ring (bicyclic) bond motifs is 1. The van der Waals surface area contributed by atoms with E-state index < -0.39 is 5.82 Å². The van der Waals surface area contributed by atoms with Crippen LogP contribution in [0.5, 0.6) is 0 Å². The monoisotopic (exact) mass is 288 g/mol. The Morgan fingerprint density at radius 1 is 1.35 bits per heavy atom. The number of aromatic amines is 1. The van der Waals surface area contributed by atoms with E-state index in [0.29, 0.717) is 16.9 Å². The minimum absolute atomic E-state index is 0.232. The van der Waals surface area contributed by atoms with Gasteiger partial charge in [0.05, 0.1) is 21.6 Å². The molecule has 0 aliphatic rings. The number of aldehydes is 1. The number of nitrogens with zero attached hydrogens (tertiary/aromatic N) is 1. The molecule has 0 amide bonds. The molecule has 0 saturated carbocycles. The molecule has 0 aliphatic carbocycles. The van der Waals surface area contributed by atoms with E-state index in [4.69, 9.17) is 11.6 Å². The summed E-state index contributed by atoms with van der Waals surface area (Å²) in [6.07, 6.45) is 0.777. The first-order chi connectivity index (χ1) is 9.60. The summed E-state index contributed by atoms with van der Waals surface area (Å²) in [4.78, 5) is 18.3. The van der Waals surface area contributed by atoms with Crippen molar-refractivity contribution in [1.29, 1.82) is 0 Å². The van der Waals surface area contributed by atoms with E-state index in [9.17, 15) is 9.18 Å². The lowest BCUT2D eigenvalue weighted by Gasteiger charge is -2.01. The van der Waals surface area contributed by atoms with Crippen LogP contribution >= 0.6 is 11.6 Å². The van der Waals surface area contributed by atoms with Crippen molar-refractivity contribution < 1.29 is 9.18 Å². The van der Waals surface area contributed by atoms with E-state index in [-0.39, 0.29) is 10.6 Å². The zero-order valence-corrected chi connectivity index (χ0v) is 11.3. The summed E-state index contributed by atoms with van der Waals surface area (Å²) < 4.78 is 13.9. The average molecular weight is 289 g/mol. The molecule has 0 aliphatic heterocycles. The predicted molar refractivity (Wildman–Crippen MR) is 76.6 cm³/mol. The lowest BCUT2D eigenvalue weighted by molar-refractivity contribution is 0.112. The van der Waals surface area contributed by atoms with Crippen LogP contribution in [0.3, 0.4) is 0 Å². The highest BCUT2D eigenvalue weighted by molar-refractivity contribution is 6.33. The molecule has 0 unspecified atom stereocenters. The van der Waals surface area contributed by atoms with Gasteiger partial charge in [0.15, 0.2) is 0 Å². The number of hydrogen-bond donors (Lipinski definition) is 1. The number of hydrogen-bond acceptors (Lipinski definition) is 2. The zero-order chi connectivity index (χ0) is 14.3. The van der Waals surface area contributed by atoms with Crippen molar-refractivity contribution >= 4 is 28.9 Å². The number of carbonyl (C=O) groups excluding carboxylic acids is 1. The molecule has 3 aromatic rings. The fourth-order valence-corrected chi connectivity index (χ4v) is 2.40. The summed E-state index contributed by atoms with van der Waals surface area (Å²) in [5, 5.41) is 0.288. The first-order valence-corrected chi connectivity index (χ1v) is 6.38. The Bertz CT molecular complexity index is 806. The number of carbonyl (C=O) groups is 1. The molecule has 3 rings (SSSR count). The van der Waals surface area contributed by atoms with E-state index >= 15 is 0 Å². The van der Waals surface area contributed by atoms with Gasteiger partial charge in [-0.1, -0.05) is 17.7 Å². The minimum Gasteiger partial charge on any atom is -0.338 e. The third kappa shape index (κ3) is 1.98. The minimum atomic E-state index is -0.441. The van der Waals surface area contributed by atoms with Gasteiger partial charge in [-0.3, -0.25) is 4.79 Å². The molecule has 1 heterocycles. The molecule has 0 saturated heterocycles. The summed E-state index contributed by atoms with van der Waals surface area (Å²) in [5.74, 6) is -0.0885. The summed E-state index contributed by atoms with van der Waals surface area (Å²) >= 11 is 6.03. The Labute approximate surface area is 119 Å². The van der Waals surface area contributed by atoms with Crippen molar-refractivity contribution in [1.82, 2.24) is 9.97 Å². The van der Waals surface area contributed by atoms with Gasteiger partial charge in [-0.05, 0) is 36.8 Å². The fraction of sp³-hybridized carbons (Fsp3) is 0.0667. The van der Waals surface area contributed by atoms with Gasteiger partial charge in [0.1, 0.15) is 17.9 Å². The van der Waals surface area contributed by atoms with Gasteiger partial charge in [0.2, 0.25) is 0 Å². The third-order valence-corrected chi connectivity index (χ3v) is 3.51. The fourth-order valence-electron chi connectivity index (χ4n) is 2.15. The number of aryl methyl sites for hydroxylation is 1. The number of halogens is 2. The van der Waals surface area contributed by atoms with E-state index in [1.807, 2.05) is 13.0 Å². The Hall–Kier alpha value is -2.20. The molecule has 5 heteroatoms. The summed E-state index contributed by atoms with van der Waals surface area (Å²) in [5.41, 5.74) is 2.97. The molecular weight excluding hydrogens is 279 g/mol. The smallest absolute Gasteiger partial charge is 0.150 e. The third-order valence-electron chi connectivity index (χ3n) is 3.20. The Kier molecular flexibility index (Phi) is 3.03. The van der Waals surface area contributed by atoms with Gasteiger partial charge in [0.25, 0.3) is 0 Å². The maximum atomic E-state index is 13.9. The van der Waals surface area contributed by atoms with Crippen molar-refractivity contribution in [3.63, 3.8) is 0 Å². The van der Waals surface area contributed by atoms with Crippen LogP contribution in [0.4, 0.5) is 4.39 Å². The normalized spacial score (nSPS) is 10.9. The first-order valence-electron chi connectivity index (χ1n) is 6.00. The lowest BCUT2D eigenvalue weighted by atomic mass is 10.1. The molecular formula is C15H10ClFN2O. The van der Waals surface area contributed by atoms with E-state index in [0.717, 1.165) is 17.4 Å². The molecule has 0 atom stereocenters. The SMILES string of the molecule is Cc1cc2[nH]c(-c3c(F)cccc3Cl)nc2cc1C=O. The highest BCUT2D eigenvalue weighted by Gasteiger charge is 2.14. The van der Waals surface area contributed by atoms with Gasteiger partial charge in [-0.15, -0.1) is 0 Å². The second-order valence-electron chi connectivity index (χ2n) is 4.53. The maximum Gasteiger partial charge on any atom is 0.150 e.